The first-order valence-corrected chi connectivity index (χ1v) is 4.89. The van der Waals surface area contributed by atoms with Crippen molar-refractivity contribution >= 4 is 19.8 Å². The summed E-state index contributed by atoms with van der Waals surface area (Å²) in [6, 6.07) is 8.48. The highest BCUT2D eigenvalue weighted by Crippen LogP contribution is 2.14. The average molecular weight is 164 g/mol. The lowest BCUT2D eigenvalue weighted by molar-refractivity contribution is 0.874. The Morgan fingerprint density at radius 1 is 1.27 bits per heavy atom. The molecule has 1 heteroatoms. The van der Waals surface area contributed by atoms with Crippen molar-refractivity contribution in [2.24, 2.45) is 0 Å². The second kappa shape index (κ2) is 3.69. The molecule has 11 heavy (non-hydrogen) atoms. The van der Waals surface area contributed by atoms with Crippen LogP contribution in [0.3, 0.4) is 0 Å². The molecular formula is C10H13P. The lowest BCUT2D eigenvalue weighted by Crippen LogP contribution is -2.02. The van der Waals surface area contributed by atoms with Crippen LogP contribution in [0, 0.1) is 0 Å². The Labute approximate surface area is 70.1 Å². The van der Waals surface area contributed by atoms with Crippen molar-refractivity contribution in [3.8, 4) is 0 Å². The molecule has 0 nitrogen and oxygen atoms in total. The summed E-state index contributed by atoms with van der Waals surface area (Å²) in [6.45, 7) is 4.42. The van der Waals surface area contributed by atoms with Gasteiger partial charge in [-0.2, -0.15) is 0 Å². The summed E-state index contributed by atoms with van der Waals surface area (Å²) in [4.78, 5) is 0. The Morgan fingerprint density at radius 2 is 1.91 bits per heavy atom. The maximum Gasteiger partial charge on any atom is 0.00467 e. The first-order valence-electron chi connectivity index (χ1n) is 3.81. The minimum absolute atomic E-state index is 0.612. The molecule has 0 amide bonds. The van der Waals surface area contributed by atoms with Crippen LogP contribution < -0.4 is 5.30 Å². The molecular weight excluding hydrogens is 151 g/mol. The second-order valence-electron chi connectivity index (χ2n) is 2.87. The van der Waals surface area contributed by atoms with E-state index in [2.05, 4.69) is 44.4 Å². The third-order valence-corrected chi connectivity index (χ3v) is 2.48. The van der Waals surface area contributed by atoms with E-state index in [0.29, 0.717) is 5.92 Å². The molecule has 1 rings (SSSR count). The highest BCUT2D eigenvalue weighted by molar-refractivity contribution is 7.45. The summed E-state index contributed by atoms with van der Waals surface area (Å²) in [6.07, 6.45) is 3.87. The van der Waals surface area contributed by atoms with E-state index in [9.17, 15) is 0 Å². The zero-order valence-corrected chi connectivity index (χ0v) is 7.94. The number of benzene rings is 1. The SMILES string of the molecule is C=Pc1ccccc1C(C)C. The predicted octanol–water partition coefficient (Wildman–Crippen LogP) is 2.81. The first kappa shape index (κ1) is 8.49. The smallest absolute Gasteiger partial charge is 0.00467 e. The van der Waals surface area contributed by atoms with E-state index in [0.717, 1.165) is 8.20 Å². The van der Waals surface area contributed by atoms with Gasteiger partial charge in [0.05, 0.1) is 0 Å². The van der Waals surface area contributed by atoms with Gasteiger partial charge in [0.25, 0.3) is 0 Å². The Hall–Kier alpha value is -0.610. The Kier molecular flexibility index (Phi) is 2.84. The van der Waals surface area contributed by atoms with Gasteiger partial charge in [-0.1, -0.05) is 52.6 Å². The van der Waals surface area contributed by atoms with Gasteiger partial charge in [-0.15, -0.1) is 0 Å². The van der Waals surface area contributed by atoms with Crippen LogP contribution >= 0.6 is 8.20 Å². The van der Waals surface area contributed by atoms with Gasteiger partial charge < -0.3 is 0 Å². The predicted molar refractivity (Wildman–Crippen MR) is 54.2 cm³/mol. The Balaban J connectivity index is 3.12. The summed E-state index contributed by atoms with van der Waals surface area (Å²) < 4.78 is 0. The van der Waals surface area contributed by atoms with Gasteiger partial charge in [0.15, 0.2) is 0 Å². The molecule has 1 aromatic rings. The van der Waals surface area contributed by atoms with Crippen LogP contribution in [0.15, 0.2) is 24.3 Å². The van der Waals surface area contributed by atoms with E-state index in [1.807, 2.05) is 0 Å². The van der Waals surface area contributed by atoms with Gasteiger partial charge in [-0.25, -0.2) is 0 Å². The van der Waals surface area contributed by atoms with Crippen molar-refractivity contribution in [3.63, 3.8) is 0 Å². The van der Waals surface area contributed by atoms with Crippen LogP contribution in [0.2, 0.25) is 0 Å². The molecule has 0 fully saturated rings. The maximum absolute atomic E-state index is 3.87. The van der Waals surface area contributed by atoms with Gasteiger partial charge in [-0.3, -0.25) is 0 Å². The van der Waals surface area contributed by atoms with Gasteiger partial charge in [-0.05, 0) is 11.5 Å². The third-order valence-electron chi connectivity index (χ3n) is 1.73. The van der Waals surface area contributed by atoms with Crippen LogP contribution in [0.4, 0.5) is 0 Å². The van der Waals surface area contributed by atoms with Crippen LogP contribution in [-0.2, 0) is 0 Å². The quantitative estimate of drug-likeness (QED) is 0.589. The molecule has 0 unspecified atom stereocenters. The van der Waals surface area contributed by atoms with Crippen molar-refractivity contribution in [2.75, 3.05) is 0 Å². The molecule has 58 valence electrons. The minimum Gasteiger partial charge on any atom is -0.0761 e. The molecule has 0 heterocycles. The first-order chi connectivity index (χ1) is 5.25. The van der Waals surface area contributed by atoms with Crippen molar-refractivity contribution in [3.05, 3.63) is 29.8 Å². The zero-order chi connectivity index (χ0) is 8.27. The van der Waals surface area contributed by atoms with E-state index < -0.39 is 0 Å². The molecule has 1 aromatic carbocycles. The Bertz CT molecular complexity index is 251. The number of hydrogen-bond donors (Lipinski definition) is 0. The van der Waals surface area contributed by atoms with Gasteiger partial charge in [0, 0.05) is 5.30 Å². The third kappa shape index (κ3) is 1.91. The summed E-state index contributed by atoms with van der Waals surface area (Å²) in [7, 11) is 1.12. The molecule has 0 spiro atoms. The largest absolute Gasteiger partial charge is 0.0761 e. The molecule has 0 atom stereocenters. The summed E-state index contributed by atoms with van der Waals surface area (Å²) >= 11 is 0. The second-order valence-corrected chi connectivity index (χ2v) is 3.67. The molecule has 0 aromatic heterocycles. The summed E-state index contributed by atoms with van der Waals surface area (Å²) in [5.74, 6) is 0.612. The molecule has 0 saturated heterocycles. The highest BCUT2D eigenvalue weighted by Gasteiger charge is 2.01. The van der Waals surface area contributed by atoms with Crippen LogP contribution in [-0.4, -0.2) is 6.30 Å². The fourth-order valence-electron chi connectivity index (χ4n) is 1.12. The van der Waals surface area contributed by atoms with E-state index >= 15 is 0 Å². The molecule has 0 aliphatic carbocycles. The molecule has 0 aliphatic rings. The zero-order valence-electron chi connectivity index (χ0n) is 7.04. The lowest BCUT2D eigenvalue weighted by atomic mass is 10.0. The van der Waals surface area contributed by atoms with Crippen LogP contribution in [0.25, 0.3) is 0 Å². The molecule has 0 aliphatic heterocycles. The molecule has 0 N–H and O–H groups in total. The van der Waals surface area contributed by atoms with Crippen molar-refractivity contribution in [1.82, 2.24) is 0 Å². The Morgan fingerprint density at radius 3 is 2.36 bits per heavy atom. The van der Waals surface area contributed by atoms with Gasteiger partial charge in [0.1, 0.15) is 0 Å². The molecule has 0 radical (unpaired) electrons. The van der Waals surface area contributed by atoms with Crippen molar-refractivity contribution < 1.29 is 0 Å². The van der Waals surface area contributed by atoms with E-state index in [-0.39, 0.29) is 0 Å². The number of hydrogen-bond acceptors (Lipinski definition) is 0. The summed E-state index contributed by atoms with van der Waals surface area (Å²) in [5.41, 5.74) is 1.42. The average Bonchev–Trinajstić information content (AvgIpc) is 2.04. The van der Waals surface area contributed by atoms with Crippen molar-refractivity contribution in [1.29, 1.82) is 0 Å². The van der Waals surface area contributed by atoms with Crippen LogP contribution in [0.1, 0.15) is 25.3 Å². The van der Waals surface area contributed by atoms with E-state index in [1.165, 1.54) is 10.9 Å². The highest BCUT2D eigenvalue weighted by atomic mass is 31.1. The normalized spacial score (nSPS) is 10.8. The summed E-state index contributed by atoms with van der Waals surface area (Å²) in [5, 5.41) is 1.35. The fraction of sp³-hybridized carbons (Fsp3) is 0.300. The van der Waals surface area contributed by atoms with Gasteiger partial charge >= 0.3 is 0 Å². The fourth-order valence-corrected chi connectivity index (χ4v) is 1.83. The lowest BCUT2D eigenvalue weighted by Gasteiger charge is -2.07. The maximum atomic E-state index is 3.87. The minimum atomic E-state index is 0.612. The number of rotatable bonds is 2. The topological polar surface area (TPSA) is 0 Å². The van der Waals surface area contributed by atoms with Crippen LogP contribution in [0.5, 0.6) is 0 Å². The van der Waals surface area contributed by atoms with E-state index in [4.69, 9.17) is 0 Å². The monoisotopic (exact) mass is 164 g/mol. The standard InChI is InChI=1S/C10H13P/c1-8(2)9-6-4-5-7-10(9)11-3/h4-8H,3H2,1-2H3. The molecule has 0 saturated carbocycles. The van der Waals surface area contributed by atoms with E-state index in [1.54, 1.807) is 0 Å². The van der Waals surface area contributed by atoms with Gasteiger partial charge in [0.2, 0.25) is 0 Å². The molecule has 0 bridgehead atoms. The van der Waals surface area contributed by atoms with Crippen molar-refractivity contribution in [2.45, 2.75) is 19.8 Å².